The summed E-state index contributed by atoms with van der Waals surface area (Å²) in [6.07, 6.45) is 0.740. The number of nitrogens with one attached hydrogen (secondary N) is 1. The van der Waals surface area contributed by atoms with Crippen LogP contribution in [0, 0.1) is 0 Å². The Hall–Kier alpha value is -2.57. The van der Waals surface area contributed by atoms with Crippen LogP contribution in [0.2, 0.25) is 5.02 Å². The number of ether oxygens (including phenoxy) is 2. The number of carbonyl (C=O) groups excluding carboxylic acids is 2. The molecule has 0 unspecified atom stereocenters. The van der Waals surface area contributed by atoms with Crippen LogP contribution in [0.4, 0.5) is 11.4 Å². The minimum absolute atomic E-state index is 0.297. The molecule has 0 aromatic heterocycles. The first-order chi connectivity index (χ1) is 13.6. The van der Waals surface area contributed by atoms with E-state index in [2.05, 4.69) is 10.2 Å². The van der Waals surface area contributed by atoms with E-state index in [1.807, 2.05) is 13.0 Å². The molecule has 1 aliphatic heterocycles. The van der Waals surface area contributed by atoms with Crippen LogP contribution < -0.4 is 10.2 Å². The summed E-state index contributed by atoms with van der Waals surface area (Å²) in [5.74, 6) is -0.698. The van der Waals surface area contributed by atoms with Crippen molar-refractivity contribution in [2.75, 3.05) is 43.1 Å². The third-order valence-corrected chi connectivity index (χ3v) is 4.59. The van der Waals surface area contributed by atoms with Gasteiger partial charge in [0, 0.05) is 29.4 Å². The van der Waals surface area contributed by atoms with Gasteiger partial charge in [0.05, 0.1) is 31.1 Å². The number of hydrogen-bond donors (Lipinski definition) is 1. The molecule has 1 amide bonds. The van der Waals surface area contributed by atoms with Gasteiger partial charge in [-0.25, -0.2) is 4.79 Å². The summed E-state index contributed by atoms with van der Waals surface area (Å²) in [6, 6.07) is 12.0. The zero-order chi connectivity index (χ0) is 19.9. The molecule has 0 aliphatic carbocycles. The quantitative estimate of drug-likeness (QED) is 0.740. The zero-order valence-corrected chi connectivity index (χ0v) is 16.5. The molecule has 0 bridgehead atoms. The van der Waals surface area contributed by atoms with Gasteiger partial charge in [-0.2, -0.15) is 0 Å². The van der Waals surface area contributed by atoms with Crippen molar-refractivity contribution in [1.29, 1.82) is 0 Å². The molecule has 2 aromatic rings. The first kappa shape index (κ1) is 20.2. The molecule has 6 nitrogen and oxygen atoms in total. The molecule has 0 spiro atoms. The molecule has 1 saturated heterocycles. The van der Waals surface area contributed by atoms with Crippen LogP contribution in [-0.2, 0) is 9.47 Å². The summed E-state index contributed by atoms with van der Waals surface area (Å²) < 4.78 is 10.7. The van der Waals surface area contributed by atoms with Crippen LogP contribution in [0.1, 0.15) is 34.1 Å². The number of rotatable bonds is 6. The van der Waals surface area contributed by atoms with Crippen molar-refractivity contribution in [3.63, 3.8) is 0 Å². The van der Waals surface area contributed by atoms with E-state index in [1.54, 1.807) is 36.4 Å². The predicted molar refractivity (Wildman–Crippen MR) is 109 cm³/mol. The van der Waals surface area contributed by atoms with E-state index >= 15 is 0 Å². The van der Waals surface area contributed by atoms with Gasteiger partial charge >= 0.3 is 5.97 Å². The lowest BCUT2D eigenvalue weighted by Crippen LogP contribution is -2.37. The Kier molecular flexibility index (Phi) is 6.90. The number of esters is 1. The van der Waals surface area contributed by atoms with Crippen LogP contribution in [0.25, 0.3) is 0 Å². The minimum atomic E-state index is -0.401. The fourth-order valence-corrected chi connectivity index (χ4v) is 3.15. The smallest absolute Gasteiger partial charge is 0.340 e. The molecule has 28 heavy (non-hydrogen) atoms. The van der Waals surface area contributed by atoms with E-state index in [1.165, 1.54) is 0 Å². The Balaban J connectivity index is 1.85. The second-order valence-electron chi connectivity index (χ2n) is 6.43. The van der Waals surface area contributed by atoms with Crippen LogP contribution in [0.5, 0.6) is 0 Å². The van der Waals surface area contributed by atoms with Gasteiger partial charge in [-0.05, 0) is 42.8 Å². The van der Waals surface area contributed by atoms with E-state index in [9.17, 15) is 9.59 Å². The monoisotopic (exact) mass is 402 g/mol. The summed E-state index contributed by atoms with van der Waals surface area (Å²) in [5.41, 5.74) is 2.18. The second kappa shape index (κ2) is 9.57. The van der Waals surface area contributed by atoms with Gasteiger partial charge < -0.3 is 19.7 Å². The number of hydrogen-bond acceptors (Lipinski definition) is 5. The normalized spacial score (nSPS) is 13.9. The van der Waals surface area contributed by atoms with Crippen molar-refractivity contribution in [2.24, 2.45) is 0 Å². The highest BCUT2D eigenvalue weighted by atomic mass is 35.5. The number of anilines is 2. The summed E-state index contributed by atoms with van der Waals surface area (Å²) in [6.45, 7) is 4.90. The molecule has 0 radical (unpaired) electrons. The van der Waals surface area contributed by atoms with E-state index < -0.39 is 5.97 Å². The summed E-state index contributed by atoms with van der Waals surface area (Å²) >= 11 is 5.96. The summed E-state index contributed by atoms with van der Waals surface area (Å²) in [7, 11) is 0. The fourth-order valence-electron chi connectivity index (χ4n) is 2.96. The van der Waals surface area contributed by atoms with Crippen LogP contribution >= 0.6 is 11.6 Å². The molecular weight excluding hydrogens is 380 g/mol. The van der Waals surface area contributed by atoms with Gasteiger partial charge in [-0.15, -0.1) is 0 Å². The van der Waals surface area contributed by atoms with Gasteiger partial charge in [0.2, 0.25) is 0 Å². The molecule has 3 rings (SSSR count). The van der Waals surface area contributed by atoms with Gasteiger partial charge in [-0.3, -0.25) is 4.79 Å². The highest BCUT2D eigenvalue weighted by Gasteiger charge is 2.21. The zero-order valence-electron chi connectivity index (χ0n) is 15.7. The minimum Gasteiger partial charge on any atom is -0.462 e. The number of nitrogens with zero attached hydrogens (tertiary/aromatic N) is 1. The lowest BCUT2D eigenvalue weighted by Gasteiger charge is -2.30. The first-order valence-corrected chi connectivity index (χ1v) is 9.67. The predicted octanol–water partition coefficient (Wildman–Crippen LogP) is 4.00. The van der Waals surface area contributed by atoms with Crippen molar-refractivity contribution < 1.29 is 19.1 Å². The van der Waals surface area contributed by atoms with Crippen molar-refractivity contribution in [2.45, 2.75) is 13.3 Å². The maximum Gasteiger partial charge on any atom is 0.340 e. The van der Waals surface area contributed by atoms with Crippen molar-refractivity contribution in [1.82, 2.24) is 0 Å². The van der Waals surface area contributed by atoms with Gasteiger partial charge in [0.25, 0.3) is 5.91 Å². The topological polar surface area (TPSA) is 67.9 Å². The Labute approximate surface area is 169 Å². The second-order valence-corrected chi connectivity index (χ2v) is 6.87. The lowest BCUT2D eigenvalue weighted by molar-refractivity contribution is 0.0504. The molecule has 148 valence electrons. The van der Waals surface area contributed by atoms with Crippen molar-refractivity contribution in [3.8, 4) is 0 Å². The fraction of sp³-hybridized carbons (Fsp3) is 0.333. The van der Waals surface area contributed by atoms with Gasteiger partial charge in [0.1, 0.15) is 0 Å². The maximum absolute atomic E-state index is 12.6. The average Bonchev–Trinajstić information content (AvgIpc) is 2.72. The Morgan fingerprint density at radius 2 is 1.96 bits per heavy atom. The Morgan fingerprint density at radius 1 is 1.18 bits per heavy atom. The van der Waals surface area contributed by atoms with Gasteiger partial charge in [0.15, 0.2) is 0 Å². The number of morpholine rings is 1. The summed E-state index contributed by atoms with van der Waals surface area (Å²) in [4.78, 5) is 27.2. The van der Waals surface area contributed by atoms with E-state index in [0.29, 0.717) is 54.7 Å². The van der Waals surface area contributed by atoms with Gasteiger partial charge in [-0.1, -0.05) is 24.6 Å². The highest BCUT2D eigenvalue weighted by molar-refractivity contribution is 6.31. The van der Waals surface area contributed by atoms with Crippen molar-refractivity contribution in [3.05, 3.63) is 58.6 Å². The van der Waals surface area contributed by atoms with E-state index in [4.69, 9.17) is 21.1 Å². The number of benzene rings is 2. The van der Waals surface area contributed by atoms with E-state index in [-0.39, 0.29) is 5.91 Å². The Bertz CT molecular complexity index is 850. The number of amides is 1. The third kappa shape index (κ3) is 5.03. The standard InChI is InChI=1S/C21H23ClN2O4/c1-2-10-28-21(26)18-14-17(6-7-19(18)24-8-11-27-12-9-24)23-20(25)15-4-3-5-16(22)13-15/h3-7,13-14H,2,8-12H2,1H3,(H,23,25). The molecule has 1 heterocycles. The molecule has 1 fully saturated rings. The highest BCUT2D eigenvalue weighted by Crippen LogP contribution is 2.27. The molecule has 1 aliphatic rings. The third-order valence-electron chi connectivity index (χ3n) is 4.35. The van der Waals surface area contributed by atoms with E-state index in [0.717, 1.165) is 12.1 Å². The lowest BCUT2D eigenvalue weighted by atomic mass is 10.1. The average molecular weight is 403 g/mol. The number of carbonyl (C=O) groups is 2. The maximum atomic E-state index is 12.6. The van der Waals surface area contributed by atoms with Crippen LogP contribution in [0.3, 0.4) is 0 Å². The first-order valence-electron chi connectivity index (χ1n) is 9.29. The molecule has 1 N–H and O–H groups in total. The largest absolute Gasteiger partial charge is 0.462 e. The number of halogens is 1. The molecule has 7 heteroatoms. The van der Waals surface area contributed by atoms with Crippen LogP contribution in [-0.4, -0.2) is 44.8 Å². The summed E-state index contributed by atoms with van der Waals surface area (Å²) in [5, 5.41) is 3.30. The molecule has 2 aromatic carbocycles. The molecule has 0 atom stereocenters. The molecule has 0 saturated carbocycles. The SMILES string of the molecule is CCCOC(=O)c1cc(NC(=O)c2cccc(Cl)c2)ccc1N1CCOCC1. The van der Waals surface area contributed by atoms with Crippen LogP contribution in [0.15, 0.2) is 42.5 Å². The van der Waals surface area contributed by atoms with Crippen molar-refractivity contribution >= 4 is 34.9 Å². The molecular formula is C21H23ClN2O4. The Morgan fingerprint density at radius 3 is 2.68 bits per heavy atom.